The molecule has 0 amide bonds. The largest absolute Gasteiger partial charge is 0.488 e. The molecular formula is C25H28N8O. The summed E-state index contributed by atoms with van der Waals surface area (Å²) in [7, 11) is 2.16. The Morgan fingerprint density at radius 3 is 2.65 bits per heavy atom. The van der Waals surface area contributed by atoms with Gasteiger partial charge in [-0.25, -0.2) is 9.97 Å². The normalized spacial score (nSPS) is 18.5. The Kier molecular flexibility index (Phi) is 6.51. The van der Waals surface area contributed by atoms with Gasteiger partial charge in [0.2, 0.25) is 5.95 Å². The van der Waals surface area contributed by atoms with Crippen molar-refractivity contribution < 1.29 is 4.74 Å². The lowest BCUT2D eigenvalue weighted by molar-refractivity contribution is 0.222. The third kappa shape index (κ3) is 5.09. The minimum atomic E-state index is 0.0913. The van der Waals surface area contributed by atoms with Crippen molar-refractivity contribution in [3.63, 3.8) is 0 Å². The van der Waals surface area contributed by atoms with Crippen molar-refractivity contribution in [2.75, 3.05) is 56.5 Å². The molecule has 1 unspecified atom stereocenters. The van der Waals surface area contributed by atoms with Crippen molar-refractivity contribution in [1.82, 2.24) is 25.2 Å². The number of nitrogens with one attached hydrogen (secondary N) is 2. The summed E-state index contributed by atoms with van der Waals surface area (Å²) in [6, 6.07) is 16.0. The fraction of sp³-hybridized carbons (Fsp3) is 0.360. The van der Waals surface area contributed by atoms with Crippen LogP contribution < -0.4 is 20.3 Å². The maximum Gasteiger partial charge on any atom is 0.230 e. The number of likely N-dealkylation sites (N-methyl/N-ethyl adjacent to an activating group) is 1. The number of aromatic nitrogens is 3. The summed E-state index contributed by atoms with van der Waals surface area (Å²) in [4.78, 5) is 17.9. The van der Waals surface area contributed by atoms with Crippen LogP contribution >= 0.6 is 0 Å². The second-order valence-corrected chi connectivity index (χ2v) is 8.65. The van der Waals surface area contributed by atoms with Gasteiger partial charge in [-0.15, -0.1) is 0 Å². The molecule has 0 spiro atoms. The molecule has 2 aliphatic heterocycles. The van der Waals surface area contributed by atoms with Crippen molar-refractivity contribution in [1.29, 1.82) is 5.26 Å². The Bertz CT molecular complexity index is 1160. The zero-order valence-electron chi connectivity index (χ0n) is 19.2. The zero-order valence-corrected chi connectivity index (χ0v) is 19.2. The van der Waals surface area contributed by atoms with E-state index in [1.54, 1.807) is 6.07 Å². The summed E-state index contributed by atoms with van der Waals surface area (Å²) in [6.07, 6.45) is 2.50. The number of benzene rings is 2. The van der Waals surface area contributed by atoms with E-state index < -0.39 is 0 Å². The maximum atomic E-state index is 9.63. The van der Waals surface area contributed by atoms with Crippen molar-refractivity contribution in [2.45, 2.75) is 12.5 Å². The van der Waals surface area contributed by atoms with E-state index in [2.05, 4.69) is 60.6 Å². The number of hydrogen-bond donors (Lipinski definition) is 2. The van der Waals surface area contributed by atoms with Gasteiger partial charge in [0.05, 0.1) is 5.56 Å². The van der Waals surface area contributed by atoms with Gasteiger partial charge in [0, 0.05) is 49.7 Å². The molecule has 3 aromatic rings. The Morgan fingerprint density at radius 1 is 1.09 bits per heavy atom. The Labute approximate surface area is 199 Å². The SMILES string of the molecule is CN1CCN(c2ccc(Nc3ncnc(-c4ccc(OC5CCNC5)c(C#N)c4)n3)cc2)CC1. The van der Waals surface area contributed by atoms with Crippen LogP contribution in [0.3, 0.4) is 0 Å². The smallest absolute Gasteiger partial charge is 0.230 e. The fourth-order valence-corrected chi connectivity index (χ4v) is 4.21. The van der Waals surface area contributed by atoms with Crippen molar-refractivity contribution >= 4 is 17.3 Å². The third-order valence-electron chi connectivity index (χ3n) is 6.23. The molecule has 2 saturated heterocycles. The van der Waals surface area contributed by atoms with Crippen LogP contribution in [0.15, 0.2) is 48.8 Å². The minimum Gasteiger partial charge on any atom is -0.488 e. The molecule has 0 bridgehead atoms. The third-order valence-corrected chi connectivity index (χ3v) is 6.23. The summed E-state index contributed by atoms with van der Waals surface area (Å²) in [5, 5.41) is 16.1. The summed E-state index contributed by atoms with van der Waals surface area (Å²) in [5.74, 6) is 1.54. The second-order valence-electron chi connectivity index (χ2n) is 8.65. The first-order valence-electron chi connectivity index (χ1n) is 11.6. The van der Waals surface area contributed by atoms with E-state index in [1.165, 1.54) is 12.0 Å². The van der Waals surface area contributed by atoms with Crippen LogP contribution in [0.1, 0.15) is 12.0 Å². The average Bonchev–Trinajstić information content (AvgIpc) is 3.39. The monoisotopic (exact) mass is 456 g/mol. The van der Waals surface area contributed by atoms with Gasteiger partial charge < -0.3 is 25.2 Å². The Morgan fingerprint density at radius 2 is 1.91 bits per heavy atom. The highest BCUT2D eigenvalue weighted by Crippen LogP contribution is 2.27. The van der Waals surface area contributed by atoms with E-state index in [4.69, 9.17) is 4.74 Å². The van der Waals surface area contributed by atoms with Crippen molar-refractivity contribution in [3.8, 4) is 23.2 Å². The molecule has 0 aliphatic carbocycles. The number of nitrogens with zero attached hydrogens (tertiary/aromatic N) is 6. The fourth-order valence-electron chi connectivity index (χ4n) is 4.21. The van der Waals surface area contributed by atoms with Crippen molar-refractivity contribution in [2.24, 2.45) is 0 Å². The predicted octanol–water partition coefficient (Wildman–Crippen LogP) is 2.65. The molecule has 0 radical (unpaired) electrons. The first kappa shape index (κ1) is 22.1. The standard InChI is InChI=1S/C25H28N8O/c1-32-10-12-33(13-11-32)21-5-3-20(4-6-21)30-25-29-17-28-24(31-25)18-2-7-23(19(14-18)15-26)34-22-8-9-27-16-22/h2-7,14,17,22,27H,8-13,16H2,1H3,(H,28,29,30,31). The molecule has 1 aromatic heterocycles. The van der Waals surface area contributed by atoms with Crippen LogP contribution in [0.4, 0.5) is 17.3 Å². The number of nitriles is 1. The molecule has 1 atom stereocenters. The lowest BCUT2D eigenvalue weighted by Gasteiger charge is -2.34. The van der Waals surface area contributed by atoms with Crippen LogP contribution in [0, 0.1) is 11.3 Å². The van der Waals surface area contributed by atoms with Gasteiger partial charge in [-0.05, 0) is 62.5 Å². The molecule has 3 heterocycles. The van der Waals surface area contributed by atoms with E-state index in [0.29, 0.717) is 23.1 Å². The lowest BCUT2D eigenvalue weighted by atomic mass is 10.1. The van der Waals surface area contributed by atoms with Crippen LogP contribution in [0.25, 0.3) is 11.4 Å². The molecule has 2 aromatic carbocycles. The molecule has 2 aliphatic rings. The first-order chi connectivity index (χ1) is 16.7. The highest BCUT2D eigenvalue weighted by atomic mass is 16.5. The van der Waals surface area contributed by atoms with Crippen LogP contribution in [0.2, 0.25) is 0 Å². The number of rotatable bonds is 6. The minimum absolute atomic E-state index is 0.0913. The molecule has 9 nitrogen and oxygen atoms in total. The summed E-state index contributed by atoms with van der Waals surface area (Å²) < 4.78 is 5.99. The van der Waals surface area contributed by atoms with Crippen LogP contribution in [-0.4, -0.2) is 72.3 Å². The molecule has 34 heavy (non-hydrogen) atoms. The number of ether oxygens (including phenoxy) is 1. The Hall–Kier alpha value is -3.74. The molecule has 174 valence electrons. The summed E-state index contributed by atoms with van der Waals surface area (Å²) in [6.45, 7) is 5.95. The van der Waals surface area contributed by atoms with Gasteiger partial charge in [0.15, 0.2) is 5.82 Å². The first-order valence-corrected chi connectivity index (χ1v) is 11.6. The Balaban J connectivity index is 1.28. The summed E-state index contributed by atoms with van der Waals surface area (Å²) >= 11 is 0. The summed E-state index contributed by atoms with van der Waals surface area (Å²) in [5.41, 5.74) is 3.33. The molecule has 5 rings (SSSR count). The number of piperazine rings is 1. The van der Waals surface area contributed by atoms with Crippen LogP contribution in [-0.2, 0) is 0 Å². The zero-order chi connectivity index (χ0) is 23.3. The molecule has 2 N–H and O–H groups in total. The molecular weight excluding hydrogens is 428 g/mol. The van der Waals surface area contributed by atoms with Crippen LogP contribution in [0.5, 0.6) is 5.75 Å². The van der Waals surface area contributed by atoms with E-state index in [9.17, 15) is 5.26 Å². The van der Waals surface area contributed by atoms with E-state index in [1.807, 2.05) is 24.3 Å². The predicted molar refractivity (Wildman–Crippen MR) is 131 cm³/mol. The van der Waals surface area contributed by atoms with Gasteiger partial charge in [-0.2, -0.15) is 10.2 Å². The van der Waals surface area contributed by atoms with Gasteiger partial charge in [-0.1, -0.05) is 0 Å². The number of anilines is 3. The van der Waals surface area contributed by atoms with E-state index >= 15 is 0 Å². The van der Waals surface area contributed by atoms with Gasteiger partial charge in [-0.3, -0.25) is 0 Å². The number of hydrogen-bond acceptors (Lipinski definition) is 9. The molecule has 9 heteroatoms. The van der Waals surface area contributed by atoms with Gasteiger partial charge in [0.1, 0.15) is 24.3 Å². The molecule has 0 saturated carbocycles. The van der Waals surface area contributed by atoms with Crippen molar-refractivity contribution in [3.05, 3.63) is 54.4 Å². The van der Waals surface area contributed by atoms with Gasteiger partial charge in [0.25, 0.3) is 0 Å². The maximum absolute atomic E-state index is 9.63. The second kappa shape index (κ2) is 10.0. The molecule has 2 fully saturated rings. The average molecular weight is 457 g/mol. The highest BCUT2D eigenvalue weighted by Gasteiger charge is 2.18. The van der Waals surface area contributed by atoms with E-state index in [-0.39, 0.29) is 6.10 Å². The highest BCUT2D eigenvalue weighted by molar-refractivity contribution is 5.64. The quantitative estimate of drug-likeness (QED) is 0.579. The topological polar surface area (TPSA) is 102 Å². The van der Waals surface area contributed by atoms with Gasteiger partial charge >= 0.3 is 0 Å². The lowest BCUT2D eigenvalue weighted by Crippen LogP contribution is -2.44. The van der Waals surface area contributed by atoms with E-state index in [0.717, 1.165) is 56.9 Å².